The summed E-state index contributed by atoms with van der Waals surface area (Å²) >= 11 is 5.53. The number of hydrogen-bond donors (Lipinski definition) is 1. The summed E-state index contributed by atoms with van der Waals surface area (Å²) in [5, 5.41) is 2.64. The van der Waals surface area contributed by atoms with Gasteiger partial charge in [-0.1, -0.05) is 30.9 Å². The first kappa shape index (κ1) is 13.5. The van der Waals surface area contributed by atoms with Crippen LogP contribution in [-0.4, -0.2) is 11.9 Å². The Morgan fingerprint density at radius 2 is 2.35 bits per heavy atom. The fraction of sp³-hybridized carbons (Fsp3) is 0.308. The highest BCUT2D eigenvalue weighted by atomic mass is 35.5. The van der Waals surface area contributed by atoms with Gasteiger partial charge in [-0.3, -0.25) is 4.79 Å². The van der Waals surface area contributed by atoms with Crippen molar-refractivity contribution in [2.45, 2.75) is 25.8 Å². The fourth-order valence-electron chi connectivity index (χ4n) is 1.36. The molecule has 0 heterocycles. The fourth-order valence-corrected chi connectivity index (χ4v) is 1.48. The Balaban J connectivity index is 2.76. The van der Waals surface area contributed by atoms with Crippen molar-refractivity contribution >= 4 is 17.5 Å². The first-order valence-electron chi connectivity index (χ1n) is 5.30. The second kappa shape index (κ2) is 6.27. The summed E-state index contributed by atoms with van der Waals surface area (Å²) in [6.07, 6.45) is 6.84. The lowest BCUT2D eigenvalue weighted by Crippen LogP contribution is -2.33. The minimum atomic E-state index is -0.618. The van der Waals surface area contributed by atoms with Crippen LogP contribution in [0, 0.1) is 18.2 Å². The number of carbonyl (C=O) groups excluding carboxylic acids is 1. The maximum Gasteiger partial charge on any atom is 0.252 e. The lowest BCUT2D eigenvalue weighted by atomic mass is 10.1. The molecular weight excluding hydrogens is 241 g/mol. The summed E-state index contributed by atoms with van der Waals surface area (Å²) in [5.41, 5.74) is 0.211. The molecule has 0 aliphatic heterocycles. The van der Waals surface area contributed by atoms with Crippen LogP contribution in [0.2, 0.25) is 5.02 Å². The molecule has 1 amide bonds. The Morgan fingerprint density at radius 3 is 2.88 bits per heavy atom. The van der Waals surface area contributed by atoms with Gasteiger partial charge in [-0.15, -0.1) is 6.42 Å². The van der Waals surface area contributed by atoms with E-state index in [0.29, 0.717) is 6.42 Å². The maximum absolute atomic E-state index is 13.2. The van der Waals surface area contributed by atoms with Gasteiger partial charge in [-0.25, -0.2) is 4.39 Å². The second-order valence-electron chi connectivity index (χ2n) is 3.61. The molecule has 1 aromatic rings. The highest BCUT2D eigenvalue weighted by Crippen LogP contribution is 2.15. The minimum Gasteiger partial charge on any atom is -0.338 e. The number of carbonyl (C=O) groups is 1. The van der Waals surface area contributed by atoms with E-state index in [1.54, 1.807) is 0 Å². The van der Waals surface area contributed by atoms with Gasteiger partial charge in [0, 0.05) is 5.56 Å². The van der Waals surface area contributed by atoms with Gasteiger partial charge in [0.1, 0.15) is 5.82 Å². The molecule has 0 aliphatic carbocycles. The summed E-state index contributed by atoms with van der Waals surface area (Å²) in [6.45, 7) is 1.97. The molecule has 0 saturated heterocycles. The number of hydrogen-bond acceptors (Lipinski definition) is 1. The highest BCUT2D eigenvalue weighted by molar-refractivity contribution is 6.30. The Morgan fingerprint density at radius 1 is 1.65 bits per heavy atom. The summed E-state index contributed by atoms with van der Waals surface area (Å²) in [6, 6.07) is 3.57. The van der Waals surface area contributed by atoms with Crippen LogP contribution in [0.4, 0.5) is 4.39 Å². The van der Waals surface area contributed by atoms with Crippen LogP contribution in [0.1, 0.15) is 30.1 Å². The van der Waals surface area contributed by atoms with E-state index < -0.39 is 11.7 Å². The van der Waals surface area contributed by atoms with Crippen LogP contribution in [0.5, 0.6) is 0 Å². The van der Waals surface area contributed by atoms with Crippen LogP contribution in [0.25, 0.3) is 0 Å². The third kappa shape index (κ3) is 3.76. The summed E-state index contributed by atoms with van der Waals surface area (Å²) in [5.74, 6) is 1.47. The van der Waals surface area contributed by atoms with Crippen molar-refractivity contribution < 1.29 is 9.18 Å². The van der Waals surface area contributed by atoms with Crippen LogP contribution in [0.15, 0.2) is 18.2 Å². The zero-order valence-corrected chi connectivity index (χ0v) is 10.2. The number of rotatable bonds is 4. The molecule has 0 aromatic heterocycles. The highest BCUT2D eigenvalue weighted by Gasteiger charge is 2.12. The zero-order valence-electron chi connectivity index (χ0n) is 9.47. The maximum atomic E-state index is 13.2. The van der Waals surface area contributed by atoms with E-state index in [0.717, 1.165) is 12.5 Å². The first-order chi connectivity index (χ1) is 8.08. The summed E-state index contributed by atoms with van der Waals surface area (Å²) < 4.78 is 13.2. The van der Waals surface area contributed by atoms with Crippen LogP contribution in [-0.2, 0) is 0 Å². The van der Waals surface area contributed by atoms with Gasteiger partial charge in [0.05, 0.1) is 11.1 Å². The van der Waals surface area contributed by atoms with Crippen molar-refractivity contribution in [3.05, 3.63) is 34.6 Å². The molecule has 0 bridgehead atoms. The number of benzene rings is 1. The minimum absolute atomic E-state index is 0.0105. The van der Waals surface area contributed by atoms with E-state index in [1.807, 2.05) is 6.92 Å². The van der Waals surface area contributed by atoms with E-state index >= 15 is 0 Å². The predicted molar refractivity (Wildman–Crippen MR) is 66.4 cm³/mol. The smallest absolute Gasteiger partial charge is 0.252 e. The Labute approximate surface area is 105 Å². The van der Waals surface area contributed by atoms with E-state index in [2.05, 4.69) is 11.2 Å². The molecule has 0 aliphatic rings. The standard InChI is InChI=1S/C13H13ClFNO/c1-3-5-10(4-2)16-13(17)9-6-7-11(14)12(15)8-9/h2,6-8,10H,3,5H2,1H3,(H,16,17). The molecule has 1 unspecified atom stereocenters. The molecule has 1 rings (SSSR count). The number of nitrogens with one attached hydrogen (secondary N) is 1. The summed E-state index contributed by atoms with van der Waals surface area (Å²) in [4.78, 5) is 11.7. The van der Waals surface area contributed by atoms with Gasteiger partial charge in [0.15, 0.2) is 0 Å². The van der Waals surface area contributed by atoms with Gasteiger partial charge >= 0.3 is 0 Å². The van der Waals surface area contributed by atoms with Gasteiger partial charge in [-0.05, 0) is 24.6 Å². The molecule has 17 heavy (non-hydrogen) atoms. The van der Waals surface area contributed by atoms with Gasteiger partial charge in [-0.2, -0.15) is 0 Å². The lowest BCUT2D eigenvalue weighted by Gasteiger charge is -2.12. The van der Waals surface area contributed by atoms with E-state index in [1.165, 1.54) is 12.1 Å². The summed E-state index contributed by atoms with van der Waals surface area (Å²) in [7, 11) is 0. The third-order valence-corrected chi connectivity index (χ3v) is 2.57. The second-order valence-corrected chi connectivity index (χ2v) is 4.02. The third-order valence-electron chi connectivity index (χ3n) is 2.27. The lowest BCUT2D eigenvalue weighted by molar-refractivity contribution is 0.0944. The quantitative estimate of drug-likeness (QED) is 0.821. The van der Waals surface area contributed by atoms with Crippen molar-refractivity contribution in [2.24, 2.45) is 0 Å². The largest absolute Gasteiger partial charge is 0.338 e. The van der Waals surface area contributed by atoms with Crippen molar-refractivity contribution in [3.63, 3.8) is 0 Å². The van der Waals surface area contributed by atoms with Crippen molar-refractivity contribution in [3.8, 4) is 12.3 Å². The first-order valence-corrected chi connectivity index (χ1v) is 5.68. The Kier molecular flexibility index (Phi) is 4.99. The molecule has 0 fully saturated rings. The number of amides is 1. The normalized spacial score (nSPS) is 11.6. The van der Waals surface area contributed by atoms with Crippen molar-refractivity contribution in [2.75, 3.05) is 0 Å². The molecular formula is C13H13ClFNO. The SMILES string of the molecule is C#CC(CCC)NC(=O)c1ccc(Cl)c(F)c1. The molecule has 0 spiro atoms. The Hall–Kier alpha value is -1.53. The number of terminal acetylenes is 1. The topological polar surface area (TPSA) is 29.1 Å². The predicted octanol–water partition coefficient (Wildman–Crippen LogP) is 3.01. The molecule has 2 nitrogen and oxygen atoms in total. The average Bonchev–Trinajstić information content (AvgIpc) is 2.31. The van der Waals surface area contributed by atoms with E-state index in [9.17, 15) is 9.18 Å². The molecule has 1 atom stereocenters. The molecule has 0 radical (unpaired) electrons. The van der Waals surface area contributed by atoms with Crippen LogP contribution in [0.3, 0.4) is 0 Å². The van der Waals surface area contributed by atoms with Gasteiger partial charge in [0.25, 0.3) is 5.91 Å². The van der Waals surface area contributed by atoms with Crippen LogP contribution >= 0.6 is 11.6 Å². The molecule has 90 valence electrons. The van der Waals surface area contributed by atoms with Gasteiger partial charge in [0.2, 0.25) is 0 Å². The van der Waals surface area contributed by atoms with Crippen molar-refractivity contribution in [1.82, 2.24) is 5.32 Å². The van der Waals surface area contributed by atoms with Gasteiger partial charge < -0.3 is 5.32 Å². The van der Waals surface area contributed by atoms with E-state index in [4.69, 9.17) is 18.0 Å². The Bertz CT molecular complexity index is 453. The number of halogens is 2. The monoisotopic (exact) mass is 253 g/mol. The zero-order chi connectivity index (χ0) is 12.8. The molecule has 1 N–H and O–H groups in total. The van der Waals surface area contributed by atoms with Crippen molar-refractivity contribution in [1.29, 1.82) is 0 Å². The average molecular weight is 254 g/mol. The van der Waals surface area contributed by atoms with Crippen LogP contribution < -0.4 is 5.32 Å². The molecule has 1 aromatic carbocycles. The molecule has 4 heteroatoms. The molecule has 0 saturated carbocycles. The van der Waals surface area contributed by atoms with E-state index in [-0.39, 0.29) is 16.6 Å².